The topological polar surface area (TPSA) is 100 Å². The second-order valence-corrected chi connectivity index (χ2v) is 5.66. The molecule has 8 heteroatoms. The van der Waals surface area contributed by atoms with Gasteiger partial charge in [-0.15, -0.1) is 0 Å². The quantitative estimate of drug-likeness (QED) is 0.834. The van der Waals surface area contributed by atoms with E-state index in [4.69, 9.17) is 4.74 Å². The summed E-state index contributed by atoms with van der Waals surface area (Å²) < 4.78 is 5.49. The third-order valence-electron chi connectivity index (χ3n) is 3.96. The lowest BCUT2D eigenvalue weighted by Crippen LogP contribution is -2.36. The van der Waals surface area contributed by atoms with Crippen molar-refractivity contribution in [2.24, 2.45) is 0 Å². The highest BCUT2D eigenvalue weighted by atomic mass is 16.5. The summed E-state index contributed by atoms with van der Waals surface area (Å²) in [6.07, 6.45) is 0.882. The number of amides is 2. The number of H-pyrrole nitrogens is 1. The van der Waals surface area contributed by atoms with Crippen molar-refractivity contribution in [3.8, 4) is 5.75 Å². The molecule has 0 radical (unpaired) electrons. The molecule has 0 saturated carbocycles. The van der Waals surface area contributed by atoms with E-state index in [0.29, 0.717) is 31.0 Å². The molecule has 2 amide bonds. The second-order valence-electron chi connectivity index (χ2n) is 5.66. The average Bonchev–Trinajstić information content (AvgIpc) is 3.21. The minimum Gasteiger partial charge on any atom is -0.493 e. The van der Waals surface area contributed by atoms with Crippen molar-refractivity contribution in [3.63, 3.8) is 0 Å². The van der Waals surface area contributed by atoms with Crippen LogP contribution >= 0.6 is 0 Å². The maximum absolute atomic E-state index is 12.4. The van der Waals surface area contributed by atoms with Crippen LogP contribution in [0.15, 0.2) is 18.2 Å². The molecule has 0 bridgehead atoms. The van der Waals surface area contributed by atoms with Crippen LogP contribution in [0.25, 0.3) is 0 Å². The molecule has 0 unspecified atom stereocenters. The zero-order chi connectivity index (χ0) is 17.1. The Bertz CT molecular complexity index is 771. The van der Waals surface area contributed by atoms with Gasteiger partial charge in [0.05, 0.1) is 12.3 Å². The fourth-order valence-corrected chi connectivity index (χ4v) is 2.54. The normalized spacial score (nSPS) is 12.4. The molecule has 0 aliphatic carbocycles. The molecule has 1 aromatic carbocycles. The number of likely N-dealkylation sites (N-methyl/N-ethyl adjacent to an activating group) is 1. The van der Waals surface area contributed by atoms with E-state index in [9.17, 15) is 9.59 Å². The molecule has 0 fully saturated rings. The third-order valence-corrected chi connectivity index (χ3v) is 3.96. The molecule has 8 nitrogen and oxygen atoms in total. The predicted octanol–water partition coefficient (Wildman–Crippen LogP) is 0.550. The molecule has 2 heterocycles. The van der Waals surface area contributed by atoms with Gasteiger partial charge < -0.3 is 15.0 Å². The Balaban J connectivity index is 1.53. The lowest BCUT2D eigenvalue weighted by molar-refractivity contribution is 0.0786. The van der Waals surface area contributed by atoms with Crippen LogP contribution in [0.4, 0.5) is 0 Å². The van der Waals surface area contributed by atoms with Crippen LogP contribution in [0, 0.1) is 6.92 Å². The molecule has 3 rings (SSSR count). The van der Waals surface area contributed by atoms with Crippen molar-refractivity contribution in [1.82, 2.24) is 25.6 Å². The molecule has 2 aromatic rings. The predicted molar refractivity (Wildman–Crippen MR) is 86.1 cm³/mol. The minimum atomic E-state index is -0.312. The number of benzene rings is 1. The van der Waals surface area contributed by atoms with Gasteiger partial charge in [-0.2, -0.15) is 15.4 Å². The number of aromatic amines is 1. The van der Waals surface area contributed by atoms with Crippen LogP contribution in [0.2, 0.25) is 0 Å². The Hall–Kier alpha value is -2.90. The molecule has 0 saturated heterocycles. The van der Waals surface area contributed by atoms with Crippen molar-refractivity contribution in [2.75, 3.05) is 26.7 Å². The maximum Gasteiger partial charge on any atom is 0.273 e. The van der Waals surface area contributed by atoms with Gasteiger partial charge in [-0.1, -0.05) is 6.07 Å². The zero-order valence-corrected chi connectivity index (χ0v) is 13.6. The molecule has 0 spiro atoms. The summed E-state index contributed by atoms with van der Waals surface area (Å²) in [5.41, 5.74) is 2.51. The maximum atomic E-state index is 12.4. The van der Waals surface area contributed by atoms with Crippen LogP contribution in [-0.2, 0) is 6.42 Å². The van der Waals surface area contributed by atoms with Gasteiger partial charge >= 0.3 is 0 Å². The van der Waals surface area contributed by atoms with Crippen LogP contribution in [0.5, 0.6) is 5.75 Å². The lowest BCUT2D eigenvalue weighted by Gasteiger charge is -2.17. The molecule has 126 valence electrons. The Labute approximate surface area is 139 Å². The number of aromatic nitrogens is 3. The van der Waals surface area contributed by atoms with Gasteiger partial charge in [0.25, 0.3) is 11.8 Å². The number of fused-ring (bicyclic) bond motifs is 1. The number of hydrogen-bond donors (Lipinski definition) is 2. The largest absolute Gasteiger partial charge is 0.493 e. The molecular formula is C16H19N5O3. The van der Waals surface area contributed by atoms with E-state index < -0.39 is 0 Å². The number of carbonyl (C=O) groups is 2. The second kappa shape index (κ2) is 6.69. The number of nitrogens with zero attached hydrogens (tertiary/aromatic N) is 3. The molecule has 24 heavy (non-hydrogen) atoms. The molecule has 0 atom stereocenters. The standard InChI is InChI=1S/C16H19N5O3/c1-10-14(19-20-18-10)15(22)17-6-7-21(2)16(23)12-4-3-11-5-8-24-13(11)9-12/h3-4,9H,5-8H2,1-2H3,(H,17,22)(H,18,19,20). The van der Waals surface area contributed by atoms with Gasteiger partial charge in [-0.25, -0.2) is 0 Å². The summed E-state index contributed by atoms with van der Waals surface area (Å²) in [4.78, 5) is 25.9. The smallest absolute Gasteiger partial charge is 0.273 e. The molecule has 2 N–H and O–H groups in total. The molecule has 1 aliphatic rings. The van der Waals surface area contributed by atoms with Crippen LogP contribution in [-0.4, -0.2) is 58.9 Å². The number of aryl methyl sites for hydroxylation is 1. The van der Waals surface area contributed by atoms with Crippen molar-refractivity contribution in [1.29, 1.82) is 0 Å². The monoisotopic (exact) mass is 329 g/mol. The first-order valence-corrected chi connectivity index (χ1v) is 7.73. The van der Waals surface area contributed by atoms with E-state index in [2.05, 4.69) is 20.7 Å². The molecule has 1 aromatic heterocycles. The van der Waals surface area contributed by atoms with Gasteiger partial charge in [0.2, 0.25) is 0 Å². The highest BCUT2D eigenvalue weighted by Gasteiger charge is 2.18. The number of rotatable bonds is 5. The first-order valence-electron chi connectivity index (χ1n) is 7.73. The lowest BCUT2D eigenvalue weighted by atomic mass is 10.1. The first-order chi connectivity index (χ1) is 11.6. The van der Waals surface area contributed by atoms with E-state index in [1.165, 1.54) is 0 Å². The summed E-state index contributed by atoms with van der Waals surface area (Å²) in [5, 5.41) is 12.7. The average molecular weight is 329 g/mol. The third kappa shape index (κ3) is 3.22. The van der Waals surface area contributed by atoms with E-state index >= 15 is 0 Å². The van der Waals surface area contributed by atoms with Crippen LogP contribution in [0.3, 0.4) is 0 Å². The summed E-state index contributed by atoms with van der Waals surface area (Å²) >= 11 is 0. The Morgan fingerprint density at radius 1 is 1.38 bits per heavy atom. The highest BCUT2D eigenvalue weighted by molar-refractivity contribution is 5.95. The highest BCUT2D eigenvalue weighted by Crippen LogP contribution is 2.26. The first kappa shape index (κ1) is 16.0. The number of carbonyl (C=O) groups excluding carboxylic acids is 2. The van der Waals surface area contributed by atoms with Gasteiger partial charge in [0.1, 0.15) is 5.75 Å². The zero-order valence-electron chi connectivity index (χ0n) is 13.6. The summed E-state index contributed by atoms with van der Waals surface area (Å²) in [6.45, 7) is 3.08. The fourth-order valence-electron chi connectivity index (χ4n) is 2.54. The number of hydrogen-bond acceptors (Lipinski definition) is 5. The van der Waals surface area contributed by atoms with Gasteiger partial charge in [-0.3, -0.25) is 9.59 Å². The van der Waals surface area contributed by atoms with Crippen LogP contribution in [0.1, 0.15) is 32.1 Å². The number of ether oxygens (including phenoxy) is 1. The van der Waals surface area contributed by atoms with Crippen molar-refractivity contribution in [3.05, 3.63) is 40.7 Å². The Kier molecular flexibility index (Phi) is 4.45. The van der Waals surface area contributed by atoms with Gasteiger partial charge in [0.15, 0.2) is 5.69 Å². The summed E-state index contributed by atoms with van der Waals surface area (Å²) in [5.74, 6) is 0.359. The van der Waals surface area contributed by atoms with E-state index in [1.807, 2.05) is 12.1 Å². The Morgan fingerprint density at radius 2 is 2.21 bits per heavy atom. The van der Waals surface area contributed by atoms with Crippen molar-refractivity contribution < 1.29 is 14.3 Å². The SMILES string of the molecule is Cc1n[nH]nc1C(=O)NCCN(C)C(=O)c1ccc2c(c1)OCC2. The van der Waals surface area contributed by atoms with E-state index in [0.717, 1.165) is 17.7 Å². The molecule has 1 aliphatic heterocycles. The van der Waals surface area contributed by atoms with Crippen molar-refractivity contribution >= 4 is 11.8 Å². The van der Waals surface area contributed by atoms with Crippen molar-refractivity contribution in [2.45, 2.75) is 13.3 Å². The summed E-state index contributed by atoms with van der Waals surface area (Å²) in [6, 6.07) is 5.51. The van der Waals surface area contributed by atoms with E-state index in [1.54, 1.807) is 24.9 Å². The number of nitrogens with one attached hydrogen (secondary N) is 2. The molecular weight excluding hydrogens is 310 g/mol. The van der Waals surface area contributed by atoms with Crippen LogP contribution < -0.4 is 10.1 Å². The summed E-state index contributed by atoms with van der Waals surface area (Å²) in [7, 11) is 1.70. The van der Waals surface area contributed by atoms with Gasteiger partial charge in [0, 0.05) is 32.1 Å². The van der Waals surface area contributed by atoms with E-state index in [-0.39, 0.29) is 17.5 Å². The fraction of sp³-hybridized carbons (Fsp3) is 0.375. The van der Waals surface area contributed by atoms with Gasteiger partial charge in [-0.05, 0) is 24.6 Å². The minimum absolute atomic E-state index is 0.111. The Morgan fingerprint density at radius 3 is 2.96 bits per heavy atom.